The molecular formula is C15H20N2O4. The number of likely N-dealkylation sites (tertiary alicyclic amines) is 1. The van der Waals surface area contributed by atoms with Crippen LogP contribution in [0.1, 0.15) is 24.5 Å². The average Bonchev–Trinajstić information content (AvgIpc) is 2.87. The summed E-state index contributed by atoms with van der Waals surface area (Å²) in [6, 6.07) is 6.38. The van der Waals surface area contributed by atoms with Crippen LogP contribution in [0.15, 0.2) is 24.3 Å². The van der Waals surface area contributed by atoms with E-state index in [4.69, 9.17) is 5.11 Å². The van der Waals surface area contributed by atoms with Crippen LogP contribution in [-0.2, 0) is 17.8 Å². The number of nitrogens with zero attached hydrogens (tertiary/aromatic N) is 1. The van der Waals surface area contributed by atoms with Gasteiger partial charge in [-0.1, -0.05) is 31.2 Å². The van der Waals surface area contributed by atoms with E-state index < -0.39 is 24.1 Å². The molecule has 3 N–H and O–H groups in total. The standard InChI is InChI=1S/C15H20N2O4/c1-2-10-5-3-4-6-11(10)8-16-15(21)17-9-12(18)7-13(17)14(19)20/h3-6,12-13,18H,2,7-9H2,1H3,(H,16,21)(H,19,20)/t12-,13-/m0/s1. The van der Waals surface area contributed by atoms with E-state index in [1.807, 2.05) is 31.2 Å². The summed E-state index contributed by atoms with van der Waals surface area (Å²) in [7, 11) is 0. The molecule has 0 saturated carbocycles. The van der Waals surface area contributed by atoms with Crippen molar-refractivity contribution in [3.8, 4) is 0 Å². The van der Waals surface area contributed by atoms with Crippen LogP contribution in [0.5, 0.6) is 0 Å². The maximum Gasteiger partial charge on any atom is 0.326 e. The molecule has 1 aromatic carbocycles. The van der Waals surface area contributed by atoms with Gasteiger partial charge in [-0.15, -0.1) is 0 Å². The monoisotopic (exact) mass is 292 g/mol. The van der Waals surface area contributed by atoms with E-state index in [2.05, 4.69) is 5.32 Å². The lowest BCUT2D eigenvalue weighted by Crippen LogP contribution is -2.46. The number of amides is 2. The van der Waals surface area contributed by atoms with E-state index >= 15 is 0 Å². The lowest BCUT2D eigenvalue weighted by Gasteiger charge is -2.22. The van der Waals surface area contributed by atoms with Crippen LogP contribution >= 0.6 is 0 Å². The molecule has 1 aliphatic heterocycles. The van der Waals surface area contributed by atoms with Crippen LogP contribution < -0.4 is 5.32 Å². The molecular weight excluding hydrogens is 272 g/mol. The number of nitrogens with one attached hydrogen (secondary N) is 1. The van der Waals surface area contributed by atoms with E-state index in [0.717, 1.165) is 17.5 Å². The highest BCUT2D eigenvalue weighted by Gasteiger charge is 2.38. The zero-order chi connectivity index (χ0) is 15.4. The summed E-state index contributed by atoms with van der Waals surface area (Å²) in [5.74, 6) is -1.09. The van der Waals surface area contributed by atoms with Gasteiger partial charge in [0, 0.05) is 19.5 Å². The summed E-state index contributed by atoms with van der Waals surface area (Å²) in [6.45, 7) is 2.44. The molecule has 0 spiro atoms. The first-order valence-corrected chi connectivity index (χ1v) is 7.05. The van der Waals surface area contributed by atoms with E-state index in [1.165, 1.54) is 4.90 Å². The van der Waals surface area contributed by atoms with Crippen molar-refractivity contribution in [1.82, 2.24) is 10.2 Å². The Balaban J connectivity index is 2.00. The van der Waals surface area contributed by atoms with Crippen molar-refractivity contribution in [2.45, 2.75) is 38.5 Å². The number of carbonyl (C=O) groups excluding carboxylic acids is 1. The first-order chi connectivity index (χ1) is 10.0. The average molecular weight is 292 g/mol. The van der Waals surface area contributed by atoms with Crippen molar-refractivity contribution >= 4 is 12.0 Å². The van der Waals surface area contributed by atoms with Crippen LogP contribution in [0.3, 0.4) is 0 Å². The number of aliphatic hydroxyl groups excluding tert-OH is 1. The molecule has 0 aliphatic carbocycles. The van der Waals surface area contributed by atoms with Crippen molar-refractivity contribution in [3.63, 3.8) is 0 Å². The number of aliphatic carboxylic acids is 1. The van der Waals surface area contributed by atoms with Crippen LogP contribution in [-0.4, -0.2) is 45.8 Å². The van der Waals surface area contributed by atoms with Crippen LogP contribution in [0.25, 0.3) is 0 Å². The summed E-state index contributed by atoms with van der Waals surface area (Å²) in [4.78, 5) is 24.4. The van der Waals surface area contributed by atoms with Gasteiger partial charge >= 0.3 is 12.0 Å². The zero-order valence-corrected chi connectivity index (χ0v) is 12.0. The number of hydrogen-bond acceptors (Lipinski definition) is 3. The predicted molar refractivity (Wildman–Crippen MR) is 76.8 cm³/mol. The molecule has 2 rings (SSSR count). The van der Waals surface area contributed by atoms with Crippen molar-refractivity contribution in [3.05, 3.63) is 35.4 Å². The minimum absolute atomic E-state index is 0.0538. The molecule has 114 valence electrons. The van der Waals surface area contributed by atoms with Gasteiger partial charge in [0.1, 0.15) is 6.04 Å². The van der Waals surface area contributed by atoms with Crippen molar-refractivity contribution in [1.29, 1.82) is 0 Å². The number of carboxylic acid groups (broad SMARTS) is 1. The summed E-state index contributed by atoms with van der Waals surface area (Å²) in [5.41, 5.74) is 2.16. The third-order valence-electron chi connectivity index (χ3n) is 3.75. The third kappa shape index (κ3) is 3.52. The molecule has 0 aromatic heterocycles. The van der Waals surface area contributed by atoms with E-state index in [0.29, 0.717) is 6.54 Å². The SMILES string of the molecule is CCc1ccccc1CNC(=O)N1C[C@@H](O)C[C@H]1C(=O)O. The molecule has 0 bridgehead atoms. The number of urea groups is 1. The fourth-order valence-electron chi connectivity index (χ4n) is 2.62. The van der Waals surface area contributed by atoms with Crippen LogP contribution in [0, 0.1) is 0 Å². The van der Waals surface area contributed by atoms with Gasteiger partial charge < -0.3 is 20.4 Å². The van der Waals surface area contributed by atoms with E-state index in [1.54, 1.807) is 0 Å². The zero-order valence-electron chi connectivity index (χ0n) is 12.0. The molecule has 21 heavy (non-hydrogen) atoms. The first-order valence-electron chi connectivity index (χ1n) is 7.05. The summed E-state index contributed by atoms with van der Waals surface area (Å²) < 4.78 is 0. The number of β-amino-alcohol motifs (C(OH)–C–C–N with tert-alkyl or cyclic N) is 1. The van der Waals surface area contributed by atoms with Gasteiger partial charge in [0.25, 0.3) is 0 Å². The van der Waals surface area contributed by atoms with E-state index in [9.17, 15) is 14.7 Å². The van der Waals surface area contributed by atoms with Crippen molar-refractivity contribution < 1.29 is 19.8 Å². The molecule has 1 saturated heterocycles. The molecule has 1 fully saturated rings. The Kier molecular flexibility index (Phi) is 4.80. The maximum atomic E-state index is 12.1. The second-order valence-corrected chi connectivity index (χ2v) is 5.18. The van der Waals surface area contributed by atoms with Crippen LogP contribution in [0.4, 0.5) is 4.79 Å². The number of carboxylic acids is 1. The normalized spacial score (nSPS) is 21.3. The molecule has 1 aromatic rings. The second-order valence-electron chi connectivity index (χ2n) is 5.18. The second kappa shape index (κ2) is 6.58. The lowest BCUT2D eigenvalue weighted by atomic mass is 10.1. The Morgan fingerprint density at radius 3 is 2.62 bits per heavy atom. The number of aliphatic hydroxyl groups is 1. The van der Waals surface area contributed by atoms with Gasteiger partial charge in [0.15, 0.2) is 0 Å². The quantitative estimate of drug-likeness (QED) is 0.771. The fraction of sp³-hybridized carbons (Fsp3) is 0.467. The Bertz CT molecular complexity index is 532. The molecule has 1 heterocycles. The molecule has 2 amide bonds. The fourth-order valence-corrected chi connectivity index (χ4v) is 2.62. The Hall–Kier alpha value is -2.08. The largest absolute Gasteiger partial charge is 0.480 e. The Morgan fingerprint density at radius 1 is 1.33 bits per heavy atom. The van der Waals surface area contributed by atoms with E-state index in [-0.39, 0.29) is 13.0 Å². The van der Waals surface area contributed by atoms with Crippen molar-refractivity contribution in [2.75, 3.05) is 6.54 Å². The van der Waals surface area contributed by atoms with Gasteiger partial charge in [-0.25, -0.2) is 9.59 Å². The van der Waals surface area contributed by atoms with Gasteiger partial charge in [-0.3, -0.25) is 0 Å². The maximum absolute atomic E-state index is 12.1. The molecule has 0 radical (unpaired) electrons. The first kappa shape index (κ1) is 15.3. The molecule has 2 atom stereocenters. The highest BCUT2D eigenvalue weighted by Crippen LogP contribution is 2.18. The third-order valence-corrected chi connectivity index (χ3v) is 3.75. The smallest absolute Gasteiger partial charge is 0.326 e. The van der Waals surface area contributed by atoms with Gasteiger partial charge in [-0.05, 0) is 17.5 Å². The number of carbonyl (C=O) groups is 2. The minimum Gasteiger partial charge on any atom is -0.480 e. The number of benzene rings is 1. The molecule has 6 heteroatoms. The summed E-state index contributed by atoms with van der Waals surface area (Å²) >= 11 is 0. The number of aryl methyl sites for hydroxylation is 1. The van der Waals surface area contributed by atoms with Gasteiger partial charge in [-0.2, -0.15) is 0 Å². The lowest BCUT2D eigenvalue weighted by molar-refractivity contribution is -0.141. The van der Waals surface area contributed by atoms with Crippen LogP contribution in [0.2, 0.25) is 0 Å². The highest BCUT2D eigenvalue weighted by atomic mass is 16.4. The summed E-state index contributed by atoms with van der Waals surface area (Å²) in [5, 5.41) is 21.4. The minimum atomic E-state index is -1.09. The number of rotatable bonds is 4. The van der Waals surface area contributed by atoms with Crippen molar-refractivity contribution in [2.24, 2.45) is 0 Å². The highest BCUT2D eigenvalue weighted by molar-refractivity contribution is 5.83. The van der Waals surface area contributed by atoms with Gasteiger partial charge in [0.2, 0.25) is 0 Å². The topological polar surface area (TPSA) is 89.9 Å². The van der Waals surface area contributed by atoms with Gasteiger partial charge in [0.05, 0.1) is 6.10 Å². The number of hydrogen-bond donors (Lipinski definition) is 3. The molecule has 0 unspecified atom stereocenters. The Labute approximate surface area is 123 Å². The Morgan fingerprint density at radius 2 is 2.00 bits per heavy atom. The molecule has 1 aliphatic rings. The predicted octanol–water partition coefficient (Wildman–Crippen LogP) is 0.978. The molecule has 6 nitrogen and oxygen atoms in total. The summed E-state index contributed by atoms with van der Waals surface area (Å²) in [6.07, 6.45) is 0.167.